The van der Waals surface area contributed by atoms with E-state index < -0.39 is 0 Å². The summed E-state index contributed by atoms with van der Waals surface area (Å²) in [4.78, 5) is 12.2. The van der Waals surface area contributed by atoms with Gasteiger partial charge in [-0.1, -0.05) is 12.1 Å². The Morgan fingerprint density at radius 3 is 2.73 bits per heavy atom. The van der Waals surface area contributed by atoms with Crippen molar-refractivity contribution < 1.29 is 9.18 Å². The average molecular weight is 348 g/mol. The van der Waals surface area contributed by atoms with Gasteiger partial charge in [0.25, 0.3) is 0 Å². The average Bonchev–Trinajstić information content (AvgIpc) is 2.83. The van der Waals surface area contributed by atoms with E-state index in [4.69, 9.17) is 0 Å². The maximum absolute atomic E-state index is 14.0. The normalized spacial score (nSPS) is 16.1. The number of hydrogen-bond acceptors (Lipinski definition) is 2. The fraction of sp³-hybridized carbons (Fsp3) is 0.273. The molecule has 2 aromatic carbocycles. The van der Waals surface area contributed by atoms with E-state index in [1.807, 2.05) is 19.1 Å². The van der Waals surface area contributed by atoms with E-state index in [1.54, 1.807) is 25.1 Å². The number of carbonyl (C=O) groups is 1. The third-order valence-corrected chi connectivity index (χ3v) is 4.84. The third-order valence-electron chi connectivity index (χ3n) is 4.84. The Balaban J connectivity index is 2.13. The summed E-state index contributed by atoms with van der Waals surface area (Å²) < 4.78 is 14.0. The van der Waals surface area contributed by atoms with Crippen molar-refractivity contribution in [1.29, 1.82) is 5.26 Å². The van der Waals surface area contributed by atoms with Gasteiger partial charge in [0, 0.05) is 12.1 Å². The van der Waals surface area contributed by atoms with Crippen LogP contribution in [0.25, 0.3) is 17.2 Å². The summed E-state index contributed by atoms with van der Waals surface area (Å²) in [5, 5.41) is 12.3. The van der Waals surface area contributed by atoms with E-state index in [9.17, 15) is 14.4 Å². The second kappa shape index (κ2) is 7.53. The zero-order valence-corrected chi connectivity index (χ0v) is 15.0. The molecule has 1 aliphatic rings. The Kier molecular flexibility index (Phi) is 5.18. The SMILES string of the molecule is Cc1ccc(-c2cc(C#N)cc(/C=C3\CCCCNC3=O)c2C)cc1F. The Bertz CT molecular complexity index is 938. The van der Waals surface area contributed by atoms with Crippen molar-refractivity contribution in [2.45, 2.75) is 33.1 Å². The smallest absolute Gasteiger partial charge is 0.247 e. The van der Waals surface area contributed by atoms with Crippen LogP contribution < -0.4 is 5.32 Å². The van der Waals surface area contributed by atoms with E-state index >= 15 is 0 Å². The Morgan fingerprint density at radius 2 is 2.00 bits per heavy atom. The summed E-state index contributed by atoms with van der Waals surface area (Å²) in [5.74, 6) is -0.320. The molecule has 2 aromatic rings. The van der Waals surface area contributed by atoms with E-state index in [0.717, 1.165) is 47.1 Å². The van der Waals surface area contributed by atoms with Crippen LogP contribution in [0, 0.1) is 31.0 Å². The Hall–Kier alpha value is -2.93. The minimum Gasteiger partial charge on any atom is -0.352 e. The molecule has 1 amide bonds. The van der Waals surface area contributed by atoms with Crippen LogP contribution in [0.5, 0.6) is 0 Å². The van der Waals surface area contributed by atoms with Crippen molar-refractivity contribution in [2.24, 2.45) is 0 Å². The molecule has 0 saturated carbocycles. The molecular formula is C22H21FN2O. The number of carbonyl (C=O) groups excluding carboxylic acids is 1. The van der Waals surface area contributed by atoms with E-state index in [2.05, 4.69) is 11.4 Å². The maximum Gasteiger partial charge on any atom is 0.247 e. The van der Waals surface area contributed by atoms with Crippen molar-refractivity contribution >= 4 is 12.0 Å². The number of amides is 1. The first-order valence-electron chi connectivity index (χ1n) is 8.79. The zero-order valence-electron chi connectivity index (χ0n) is 15.0. The zero-order chi connectivity index (χ0) is 18.7. The molecule has 26 heavy (non-hydrogen) atoms. The van der Waals surface area contributed by atoms with E-state index in [0.29, 0.717) is 17.7 Å². The lowest BCUT2D eigenvalue weighted by Crippen LogP contribution is -2.23. The second-order valence-corrected chi connectivity index (χ2v) is 6.70. The number of nitriles is 1. The van der Waals surface area contributed by atoms with Crippen molar-refractivity contribution in [2.75, 3.05) is 6.54 Å². The van der Waals surface area contributed by atoms with Gasteiger partial charge in [0.15, 0.2) is 0 Å². The summed E-state index contributed by atoms with van der Waals surface area (Å²) in [7, 11) is 0. The Morgan fingerprint density at radius 1 is 1.19 bits per heavy atom. The van der Waals surface area contributed by atoms with Crippen molar-refractivity contribution in [1.82, 2.24) is 5.32 Å². The molecule has 0 bridgehead atoms. The second-order valence-electron chi connectivity index (χ2n) is 6.70. The summed E-state index contributed by atoms with van der Waals surface area (Å²) in [6.45, 7) is 4.36. The van der Waals surface area contributed by atoms with Crippen LogP contribution in [0.1, 0.15) is 41.5 Å². The molecule has 0 radical (unpaired) electrons. The molecule has 1 saturated heterocycles. The molecule has 132 valence electrons. The van der Waals surface area contributed by atoms with Gasteiger partial charge in [0.2, 0.25) is 5.91 Å². The number of nitrogens with one attached hydrogen (secondary N) is 1. The fourth-order valence-electron chi connectivity index (χ4n) is 3.21. The van der Waals surface area contributed by atoms with Crippen LogP contribution in [-0.4, -0.2) is 12.5 Å². The van der Waals surface area contributed by atoms with Gasteiger partial charge in [-0.3, -0.25) is 4.79 Å². The molecular weight excluding hydrogens is 327 g/mol. The minimum absolute atomic E-state index is 0.0489. The van der Waals surface area contributed by atoms with Crippen LogP contribution in [0.15, 0.2) is 35.9 Å². The highest BCUT2D eigenvalue weighted by atomic mass is 19.1. The van der Waals surface area contributed by atoms with Crippen LogP contribution in [0.2, 0.25) is 0 Å². The number of aryl methyl sites for hydroxylation is 1. The summed E-state index contributed by atoms with van der Waals surface area (Å²) in [6, 6.07) is 10.8. The van der Waals surface area contributed by atoms with E-state index in [-0.39, 0.29) is 11.7 Å². The number of benzene rings is 2. The highest BCUT2D eigenvalue weighted by molar-refractivity contribution is 5.98. The standard InChI is InChI=1S/C22H21FN2O/c1-14-6-7-17(12-21(14)23)20-10-16(13-24)9-19(15(20)2)11-18-5-3-4-8-25-22(18)26/h6-7,9-12H,3-5,8H2,1-2H3,(H,25,26)/b18-11+. The minimum atomic E-state index is -0.271. The lowest BCUT2D eigenvalue weighted by molar-refractivity contribution is -0.117. The molecule has 0 spiro atoms. The molecule has 3 rings (SSSR count). The predicted octanol–water partition coefficient (Wildman–Crippen LogP) is 4.66. The first-order chi connectivity index (χ1) is 12.5. The molecule has 1 N–H and O–H groups in total. The largest absolute Gasteiger partial charge is 0.352 e. The summed E-state index contributed by atoms with van der Waals surface area (Å²) in [5.41, 5.74) is 5.09. The maximum atomic E-state index is 14.0. The molecule has 1 aliphatic heterocycles. The van der Waals surface area contributed by atoms with Gasteiger partial charge < -0.3 is 5.32 Å². The van der Waals surface area contributed by atoms with Crippen molar-refractivity contribution in [3.05, 3.63) is 64.0 Å². The van der Waals surface area contributed by atoms with Gasteiger partial charge in [-0.15, -0.1) is 0 Å². The molecule has 1 heterocycles. The van der Waals surface area contributed by atoms with Crippen molar-refractivity contribution in [3.8, 4) is 17.2 Å². The molecule has 1 fully saturated rings. The summed E-state index contributed by atoms with van der Waals surface area (Å²) in [6.07, 6.45) is 4.51. The van der Waals surface area contributed by atoms with Gasteiger partial charge in [0.1, 0.15) is 5.82 Å². The van der Waals surface area contributed by atoms with Crippen LogP contribution in [-0.2, 0) is 4.79 Å². The predicted molar refractivity (Wildman–Crippen MR) is 101 cm³/mol. The lowest BCUT2D eigenvalue weighted by Gasteiger charge is -2.12. The number of halogens is 1. The van der Waals surface area contributed by atoms with Gasteiger partial charge in [-0.25, -0.2) is 4.39 Å². The van der Waals surface area contributed by atoms with E-state index in [1.165, 1.54) is 6.07 Å². The first kappa shape index (κ1) is 17.9. The monoisotopic (exact) mass is 348 g/mol. The van der Waals surface area contributed by atoms with Crippen LogP contribution in [0.4, 0.5) is 4.39 Å². The molecule has 0 aliphatic carbocycles. The first-order valence-corrected chi connectivity index (χ1v) is 8.79. The third kappa shape index (κ3) is 3.67. The number of hydrogen-bond donors (Lipinski definition) is 1. The van der Waals surface area contributed by atoms with Crippen LogP contribution >= 0.6 is 0 Å². The number of rotatable bonds is 2. The van der Waals surface area contributed by atoms with Crippen LogP contribution in [0.3, 0.4) is 0 Å². The topological polar surface area (TPSA) is 52.9 Å². The molecule has 3 nitrogen and oxygen atoms in total. The lowest BCUT2D eigenvalue weighted by atomic mass is 9.92. The molecule has 0 aromatic heterocycles. The van der Waals surface area contributed by atoms with Gasteiger partial charge >= 0.3 is 0 Å². The highest BCUT2D eigenvalue weighted by Crippen LogP contribution is 2.30. The molecule has 4 heteroatoms. The molecule has 0 atom stereocenters. The summed E-state index contributed by atoms with van der Waals surface area (Å²) >= 11 is 0. The van der Waals surface area contributed by atoms with Crippen molar-refractivity contribution in [3.63, 3.8) is 0 Å². The quantitative estimate of drug-likeness (QED) is 0.802. The molecule has 0 unspecified atom stereocenters. The fourth-order valence-corrected chi connectivity index (χ4v) is 3.21. The highest BCUT2D eigenvalue weighted by Gasteiger charge is 2.15. The van der Waals surface area contributed by atoms with Gasteiger partial charge in [0.05, 0.1) is 11.6 Å². The number of nitrogens with zero attached hydrogens (tertiary/aromatic N) is 1. The van der Waals surface area contributed by atoms with Gasteiger partial charge in [-0.2, -0.15) is 5.26 Å². The Labute approximate surface area is 153 Å². The van der Waals surface area contributed by atoms with Gasteiger partial charge in [-0.05, 0) is 85.2 Å².